The van der Waals surface area contributed by atoms with Gasteiger partial charge in [0.2, 0.25) is 0 Å². The van der Waals surface area contributed by atoms with Crippen molar-refractivity contribution >= 4 is 33.9 Å². The number of nitrogens with zero attached hydrogens (tertiary/aromatic N) is 3. The Morgan fingerprint density at radius 1 is 1.26 bits per heavy atom. The van der Waals surface area contributed by atoms with Gasteiger partial charge in [-0.3, -0.25) is 0 Å². The van der Waals surface area contributed by atoms with Crippen LogP contribution >= 0.6 is 0 Å². The van der Waals surface area contributed by atoms with Crippen LogP contribution in [0, 0.1) is 0 Å². The van der Waals surface area contributed by atoms with E-state index in [0.717, 1.165) is 60.4 Å². The molecule has 4 rings (SSSR count). The Morgan fingerprint density at radius 3 is 2.77 bits per heavy atom. The summed E-state index contributed by atoms with van der Waals surface area (Å²) in [5.41, 5.74) is 8.63. The number of amides is 1. The van der Waals surface area contributed by atoms with Crippen LogP contribution in [0.1, 0.15) is 39.3 Å². The van der Waals surface area contributed by atoms with E-state index in [-0.39, 0.29) is 12.1 Å². The topological polar surface area (TPSA) is 83.7 Å². The van der Waals surface area contributed by atoms with Gasteiger partial charge >= 0.3 is 6.09 Å². The quantitative estimate of drug-likeness (QED) is 0.734. The third-order valence-electron chi connectivity index (χ3n) is 5.78. The molecule has 2 aliphatic heterocycles. The van der Waals surface area contributed by atoms with Crippen LogP contribution in [0.4, 0.5) is 16.3 Å². The molecule has 7 heteroatoms. The number of carbonyl (C=O) groups is 1. The van der Waals surface area contributed by atoms with Crippen LogP contribution in [-0.4, -0.2) is 60.8 Å². The average molecular weight is 424 g/mol. The molecule has 0 spiro atoms. The zero-order valence-electron chi connectivity index (χ0n) is 18.9. The largest absolute Gasteiger partial charge is 0.444 e. The molecule has 2 aliphatic rings. The minimum atomic E-state index is -0.504. The zero-order chi connectivity index (χ0) is 22.2. The van der Waals surface area contributed by atoms with Gasteiger partial charge < -0.3 is 25.6 Å². The molecular formula is C24H33N5O2. The predicted octanol–water partition coefficient (Wildman–Crippen LogP) is 3.64. The lowest BCUT2D eigenvalue weighted by atomic mass is 10.0. The van der Waals surface area contributed by atoms with Gasteiger partial charge in [0.25, 0.3) is 0 Å². The molecule has 0 aliphatic carbocycles. The van der Waals surface area contributed by atoms with E-state index in [9.17, 15) is 4.79 Å². The Morgan fingerprint density at radius 2 is 2.06 bits per heavy atom. The molecule has 0 bridgehead atoms. The second kappa shape index (κ2) is 8.38. The molecule has 31 heavy (non-hydrogen) atoms. The van der Waals surface area contributed by atoms with E-state index < -0.39 is 5.60 Å². The first-order chi connectivity index (χ1) is 14.7. The molecule has 1 amide bonds. The molecule has 0 saturated carbocycles. The number of pyridine rings is 1. The lowest BCUT2D eigenvalue weighted by Crippen LogP contribution is -2.40. The van der Waals surface area contributed by atoms with Crippen LogP contribution in [0.2, 0.25) is 0 Å². The molecule has 166 valence electrons. The number of hydrogen-bond acceptors (Lipinski definition) is 6. The van der Waals surface area contributed by atoms with E-state index in [4.69, 9.17) is 15.5 Å². The maximum absolute atomic E-state index is 12.2. The SMILES string of the molecule is CN1CC=C(c2cc3cc(N)ccc3c(N3CC[C@@H](NC(=O)OC(C)(C)C)C3)n2)CC1. The maximum atomic E-state index is 12.2. The third-order valence-corrected chi connectivity index (χ3v) is 5.78. The number of nitrogens with two attached hydrogens (primary N) is 1. The number of nitrogen functional groups attached to an aromatic ring is 1. The molecule has 1 aromatic heterocycles. The van der Waals surface area contributed by atoms with Crippen LogP contribution in [0.15, 0.2) is 30.3 Å². The fourth-order valence-corrected chi connectivity index (χ4v) is 4.21. The van der Waals surface area contributed by atoms with Crippen molar-refractivity contribution in [2.75, 3.05) is 43.9 Å². The number of hydrogen-bond donors (Lipinski definition) is 2. The van der Waals surface area contributed by atoms with E-state index in [1.54, 1.807) is 0 Å². The van der Waals surface area contributed by atoms with Gasteiger partial charge in [-0.1, -0.05) is 6.08 Å². The number of ether oxygens (including phenoxy) is 1. The first kappa shape index (κ1) is 21.4. The van der Waals surface area contributed by atoms with Crippen molar-refractivity contribution < 1.29 is 9.53 Å². The highest BCUT2D eigenvalue weighted by Gasteiger charge is 2.28. The van der Waals surface area contributed by atoms with Crippen LogP contribution in [0.5, 0.6) is 0 Å². The van der Waals surface area contributed by atoms with Gasteiger partial charge in [0, 0.05) is 37.3 Å². The molecule has 1 aromatic carbocycles. The molecule has 1 atom stereocenters. The van der Waals surface area contributed by atoms with Crippen molar-refractivity contribution in [1.82, 2.24) is 15.2 Å². The summed E-state index contributed by atoms with van der Waals surface area (Å²) in [7, 11) is 2.13. The van der Waals surface area contributed by atoms with E-state index in [0.29, 0.717) is 6.54 Å². The predicted molar refractivity (Wildman–Crippen MR) is 126 cm³/mol. The summed E-state index contributed by atoms with van der Waals surface area (Å²) in [6, 6.07) is 8.18. The van der Waals surface area contributed by atoms with Crippen molar-refractivity contribution in [3.05, 3.63) is 36.0 Å². The molecule has 7 nitrogen and oxygen atoms in total. The van der Waals surface area contributed by atoms with Crippen LogP contribution in [0.25, 0.3) is 16.3 Å². The number of carbonyl (C=O) groups excluding carboxylic acids is 1. The van der Waals surface area contributed by atoms with E-state index in [1.807, 2.05) is 32.9 Å². The smallest absolute Gasteiger partial charge is 0.407 e. The summed E-state index contributed by atoms with van der Waals surface area (Å²) < 4.78 is 5.42. The first-order valence-electron chi connectivity index (χ1n) is 11.0. The Labute approximate surface area is 184 Å². The van der Waals surface area contributed by atoms with Gasteiger partial charge in [0.05, 0.1) is 11.7 Å². The summed E-state index contributed by atoms with van der Waals surface area (Å²) >= 11 is 0. The Hall–Kier alpha value is -2.80. The lowest BCUT2D eigenvalue weighted by molar-refractivity contribution is 0.0509. The highest BCUT2D eigenvalue weighted by molar-refractivity contribution is 5.96. The lowest BCUT2D eigenvalue weighted by Gasteiger charge is -2.25. The number of aromatic nitrogens is 1. The molecule has 1 fully saturated rings. The van der Waals surface area contributed by atoms with Gasteiger partial charge in [0.15, 0.2) is 0 Å². The first-order valence-corrected chi connectivity index (χ1v) is 11.0. The van der Waals surface area contributed by atoms with Gasteiger partial charge in [-0.05, 0) is 75.9 Å². The summed E-state index contributed by atoms with van der Waals surface area (Å²) in [6.45, 7) is 9.13. The highest BCUT2D eigenvalue weighted by atomic mass is 16.6. The van der Waals surface area contributed by atoms with Crippen LogP contribution < -0.4 is 16.0 Å². The van der Waals surface area contributed by atoms with Gasteiger partial charge in [-0.2, -0.15) is 0 Å². The Bertz CT molecular complexity index is 1010. The standard InChI is InChI=1S/C24H33N5O2/c1-24(2,3)31-23(30)26-19-9-12-29(15-19)22-20-6-5-18(25)13-17(20)14-21(27-22)16-7-10-28(4)11-8-16/h5-7,13-14,19H,8-12,15,25H2,1-4H3,(H,26,30)/t19-/m1/s1. The maximum Gasteiger partial charge on any atom is 0.407 e. The normalized spacial score (nSPS) is 20.1. The van der Waals surface area contributed by atoms with Crippen molar-refractivity contribution in [1.29, 1.82) is 0 Å². The number of rotatable bonds is 3. The molecule has 3 N–H and O–H groups in total. The van der Waals surface area contributed by atoms with Crippen molar-refractivity contribution in [3.63, 3.8) is 0 Å². The summed E-state index contributed by atoms with van der Waals surface area (Å²) in [5, 5.41) is 5.20. The van der Waals surface area contributed by atoms with Crippen LogP contribution in [0.3, 0.4) is 0 Å². The van der Waals surface area contributed by atoms with E-state index >= 15 is 0 Å². The second-order valence-electron chi connectivity index (χ2n) is 9.63. The van der Waals surface area contributed by atoms with Crippen molar-refractivity contribution in [3.8, 4) is 0 Å². The molecular weight excluding hydrogens is 390 g/mol. The number of fused-ring (bicyclic) bond motifs is 1. The van der Waals surface area contributed by atoms with Crippen molar-refractivity contribution in [2.45, 2.75) is 45.3 Å². The fraction of sp³-hybridized carbons (Fsp3) is 0.500. The Kier molecular flexibility index (Phi) is 5.79. The minimum Gasteiger partial charge on any atom is -0.444 e. The monoisotopic (exact) mass is 423 g/mol. The Balaban J connectivity index is 1.60. The van der Waals surface area contributed by atoms with Gasteiger partial charge in [-0.15, -0.1) is 0 Å². The zero-order valence-corrected chi connectivity index (χ0v) is 18.9. The number of anilines is 2. The second-order valence-corrected chi connectivity index (χ2v) is 9.63. The number of likely N-dealkylation sites (N-methyl/N-ethyl adjacent to an activating group) is 1. The molecule has 0 radical (unpaired) electrons. The van der Waals surface area contributed by atoms with E-state index in [1.165, 1.54) is 5.57 Å². The molecule has 0 unspecified atom stereocenters. The number of nitrogens with one attached hydrogen (secondary N) is 1. The van der Waals surface area contributed by atoms with Gasteiger partial charge in [-0.25, -0.2) is 9.78 Å². The number of alkyl carbamates (subject to hydrolysis) is 1. The third kappa shape index (κ3) is 5.10. The average Bonchev–Trinajstić information content (AvgIpc) is 3.14. The summed E-state index contributed by atoms with van der Waals surface area (Å²) in [6.07, 6.45) is 3.74. The fourth-order valence-electron chi connectivity index (χ4n) is 4.21. The molecule has 1 saturated heterocycles. The van der Waals surface area contributed by atoms with Crippen LogP contribution in [-0.2, 0) is 4.74 Å². The highest BCUT2D eigenvalue weighted by Crippen LogP contribution is 2.33. The summed E-state index contributed by atoms with van der Waals surface area (Å²) in [5.74, 6) is 0.959. The van der Waals surface area contributed by atoms with Crippen molar-refractivity contribution in [2.24, 2.45) is 0 Å². The van der Waals surface area contributed by atoms with E-state index in [2.05, 4.69) is 40.4 Å². The van der Waals surface area contributed by atoms with Gasteiger partial charge in [0.1, 0.15) is 11.4 Å². The minimum absolute atomic E-state index is 0.0340. The summed E-state index contributed by atoms with van der Waals surface area (Å²) in [4.78, 5) is 21.9. The molecule has 3 heterocycles. The molecule has 2 aromatic rings. The number of benzene rings is 1.